The van der Waals surface area contributed by atoms with Gasteiger partial charge < -0.3 is 19.4 Å². The van der Waals surface area contributed by atoms with E-state index in [9.17, 15) is 9.59 Å². The Morgan fingerprint density at radius 1 is 1.07 bits per heavy atom. The fraction of sp³-hybridized carbons (Fsp3) is 0.667. The molecule has 0 bridgehead atoms. The van der Waals surface area contributed by atoms with Gasteiger partial charge in [0.05, 0.1) is 5.41 Å². The Balaban J connectivity index is 1.45. The molecule has 4 rings (SSSR count). The average molecular weight is 414 g/mol. The van der Waals surface area contributed by atoms with Crippen LogP contribution in [0.5, 0.6) is 0 Å². The summed E-state index contributed by atoms with van der Waals surface area (Å²) >= 11 is 0. The summed E-state index contributed by atoms with van der Waals surface area (Å²) in [6.07, 6.45) is 3.37. The van der Waals surface area contributed by atoms with E-state index in [4.69, 9.17) is 4.74 Å². The van der Waals surface area contributed by atoms with Crippen LogP contribution in [0.1, 0.15) is 24.8 Å². The molecule has 3 aliphatic rings. The third-order valence-electron chi connectivity index (χ3n) is 6.90. The number of carbonyl (C=O) groups is 2. The molecule has 0 aromatic heterocycles. The number of carbonyl (C=O) groups excluding carboxylic acids is 2. The summed E-state index contributed by atoms with van der Waals surface area (Å²) in [5.41, 5.74) is 0.697. The Hall–Kier alpha value is -1.92. The minimum atomic E-state index is -0.477. The second-order valence-electron chi connectivity index (χ2n) is 9.69. The molecule has 3 heterocycles. The maximum Gasteiger partial charge on any atom is 0.232 e. The first-order valence-corrected chi connectivity index (χ1v) is 11.3. The van der Waals surface area contributed by atoms with Gasteiger partial charge in [-0.2, -0.15) is 0 Å². The lowest BCUT2D eigenvalue weighted by Crippen LogP contribution is -2.66. The molecule has 30 heavy (non-hydrogen) atoms. The van der Waals surface area contributed by atoms with Gasteiger partial charge in [-0.1, -0.05) is 30.3 Å². The van der Waals surface area contributed by atoms with Crippen LogP contribution < -0.4 is 0 Å². The number of hydrogen-bond acceptors (Lipinski definition) is 4. The largest absolute Gasteiger partial charge is 0.381 e. The molecular weight excluding hydrogens is 378 g/mol. The summed E-state index contributed by atoms with van der Waals surface area (Å²) in [6.45, 7) is 5.11. The van der Waals surface area contributed by atoms with Crippen LogP contribution in [0, 0.1) is 17.3 Å². The van der Waals surface area contributed by atoms with Crippen molar-refractivity contribution in [2.45, 2.75) is 25.7 Å². The van der Waals surface area contributed by atoms with Gasteiger partial charge in [0.25, 0.3) is 0 Å². The van der Waals surface area contributed by atoms with Crippen LogP contribution in [0.3, 0.4) is 0 Å². The van der Waals surface area contributed by atoms with Gasteiger partial charge in [0.2, 0.25) is 11.8 Å². The van der Waals surface area contributed by atoms with E-state index in [1.54, 1.807) is 0 Å². The average Bonchev–Trinajstić information content (AvgIpc) is 3.18. The lowest BCUT2D eigenvalue weighted by atomic mass is 9.72. The number of ether oxygens (including phenoxy) is 1. The monoisotopic (exact) mass is 413 g/mol. The van der Waals surface area contributed by atoms with Crippen molar-refractivity contribution in [2.75, 3.05) is 60.0 Å². The molecule has 6 heteroatoms. The maximum absolute atomic E-state index is 13.7. The smallest absolute Gasteiger partial charge is 0.232 e. The normalized spacial score (nSPS) is 24.2. The topological polar surface area (TPSA) is 53.1 Å². The van der Waals surface area contributed by atoms with E-state index in [2.05, 4.69) is 36.0 Å². The zero-order valence-electron chi connectivity index (χ0n) is 18.4. The van der Waals surface area contributed by atoms with Crippen LogP contribution in [-0.4, -0.2) is 86.5 Å². The molecule has 6 nitrogen and oxygen atoms in total. The first kappa shape index (κ1) is 21.3. The summed E-state index contributed by atoms with van der Waals surface area (Å²) in [5.74, 6) is 1.04. The van der Waals surface area contributed by atoms with Gasteiger partial charge in [-0.25, -0.2) is 0 Å². The van der Waals surface area contributed by atoms with Crippen molar-refractivity contribution in [1.82, 2.24) is 14.7 Å². The number of hydrogen-bond donors (Lipinski definition) is 0. The van der Waals surface area contributed by atoms with Crippen molar-refractivity contribution >= 4 is 11.8 Å². The first-order valence-electron chi connectivity index (χ1n) is 11.3. The van der Waals surface area contributed by atoms with Crippen LogP contribution in [-0.2, 0) is 20.7 Å². The molecule has 2 amide bonds. The highest BCUT2D eigenvalue weighted by Crippen LogP contribution is 2.39. The molecule has 1 aromatic carbocycles. The van der Waals surface area contributed by atoms with E-state index >= 15 is 0 Å². The van der Waals surface area contributed by atoms with Crippen LogP contribution >= 0.6 is 0 Å². The summed E-state index contributed by atoms with van der Waals surface area (Å²) in [7, 11) is 4.18. The zero-order chi connectivity index (χ0) is 21.1. The number of benzene rings is 1. The van der Waals surface area contributed by atoms with Gasteiger partial charge in [0.15, 0.2) is 0 Å². The molecule has 3 fully saturated rings. The van der Waals surface area contributed by atoms with E-state index in [0.717, 1.165) is 38.9 Å². The summed E-state index contributed by atoms with van der Waals surface area (Å²) in [6, 6.07) is 10.2. The van der Waals surface area contributed by atoms with Crippen LogP contribution in [0.15, 0.2) is 30.3 Å². The Morgan fingerprint density at radius 3 is 2.43 bits per heavy atom. The Morgan fingerprint density at radius 2 is 1.77 bits per heavy atom. The van der Waals surface area contributed by atoms with Crippen molar-refractivity contribution in [1.29, 1.82) is 0 Å². The number of amides is 2. The van der Waals surface area contributed by atoms with E-state index in [1.165, 1.54) is 5.56 Å². The molecule has 0 N–H and O–H groups in total. The van der Waals surface area contributed by atoms with Gasteiger partial charge in [0.1, 0.15) is 0 Å². The van der Waals surface area contributed by atoms with Gasteiger partial charge in [-0.15, -0.1) is 0 Å². The molecule has 0 aliphatic carbocycles. The van der Waals surface area contributed by atoms with Crippen molar-refractivity contribution in [3.8, 4) is 0 Å². The van der Waals surface area contributed by atoms with Gasteiger partial charge >= 0.3 is 0 Å². The first-order chi connectivity index (χ1) is 14.5. The Kier molecular flexibility index (Phi) is 6.44. The molecule has 164 valence electrons. The zero-order valence-corrected chi connectivity index (χ0v) is 18.4. The quantitative estimate of drug-likeness (QED) is 0.715. The summed E-state index contributed by atoms with van der Waals surface area (Å²) < 4.78 is 5.41. The van der Waals surface area contributed by atoms with Crippen molar-refractivity contribution in [3.63, 3.8) is 0 Å². The minimum Gasteiger partial charge on any atom is -0.381 e. The highest BCUT2D eigenvalue weighted by Gasteiger charge is 2.53. The second-order valence-corrected chi connectivity index (χ2v) is 9.69. The standard InChI is InChI=1S/C24H35N3O3/c1-25(2)15-20-8-11-26(16-20)23(29)24(14-19-6-4-3-5-7-19)17-27(18-24)22(28)21-9-12-30-13-10-21/h3-7,20-21H,8-18H2,1-2H3. The van der Waals surface area contributed by atoms with Crippen LogP contribution in [0.4, 0.5) is 0 Å². The minimum absolute atomic E-state index is 0.0554. The van der Waals surface area contributed by atoms with Crippen molar-refractivity contribution in [2.24, 2.45) is 17.3 Å². The third-order valence-corrected chi connectivity index (χ3v) is 6.90. The summed E-state index contributed by atoms with van der Waals surface area (Å²) in [5, 5.41) is 0. The fourth-order valence-corrected chi connectivity index (χ4v) is 5.37. The molecular formula is C24H35N3O3. The van der Waals surface area contributed by atoms with E-state index in [-0.39, 0.29) is 17.7 Å². The number of likely N-dealkylation sites (tertiary alicyclic amines) is 2. The number of nitrogens with zero attached hydrogens (tertiary/aromatic N) is 3. The molecule has 1 atom stereocenters. The molecule has 3 aliphatic heterocycles. The molecule has 1 unspecified atom stereocenters. The predicted octanol–water partition coefficient (Wildman–Crippen LogP) is 1.89. The van der Waals surface area contributed by atoms with Gasteiger partial charge in [-0.3, -0.25) is 9.59 Å². The highest BCUT2D eigenvalue weighted by atomic mass is 16.5. The maximum atomic E-state index is 13.7. The van der Waals surface area contributed by atoms with E-state index in [0.29, 0.717) is 38.6 Å². The van der Waals surface area contributed by atoms with E-state index < -0.39 is 5.41 Å². The Labute approximate surface area is 180 Å². The second kappa shape index (κ2) is 9.06. The van der Waals surface area contributed by atoms with Crippen molar-refractivity contribution in [3.05, 3.63) is 35.9 Å². The van der Waals surface area contributed by atoms with Crippen LogP contribution in [0.25, 0.3) is 0 Å². The molecule has 3 saturated heterocycles. The molecule has 0 radical (unpaired) electrons. The lowest BCUT2D eigenvalue weighted by molar-refractivity contribution is -0.163. The molecule has 1 aromatic rings. The highest BCUT2D eigenvalue weighted by molar-refractivity contribution is 5.89. The van der Waals surface area contributed by atoms with Gasteiger partial charge in [-0.05, 0) is 51.3 Å². The fourth-order valence-electron chi connectivity index (χ4n) is 5.37. The van der Waals surface area contributed by atoms with Crippen molar-refractivity contribution < 1.29 is 14.3 Å². The third kappa shape index (κ3) is 4.54. The predicted molar refractivity (Wildman–Crippen MR) is 116 cm³/mol. The van der Waals surface area contributed by atoms with E-state index in [1.807, 2.05) is 23.1 Å². The summed E-state index contributed by atoms with van der Waals surface area (Å²) in [4.78, 5) is 32.8. The van der Waals surface area contributed by atoms with Gasteiger partial charge in [0, 0.05) is 51.9 Å². The Bertz CT molecular complexity index is 739. The number of rotatable bonds is 6. The SMILES string of the molecule is CN(C)CC1CCN(C(=O)C2(Cc3ccccc3)CN(C(=O)C3CCOCC3)C2)C1. The lowest BCUT2D eigenvalue weighted by Gasteiger charge is -2.51. The van der Waals surface area contributed by atoms with Crippen LogP contribution in [0.2, 0.25) is 0 Å². The molecule has 0 saturated carbocycles. The molecule has 0 spiro atoms.